The molecule has 4 rings (SSSR count). The molecule has 148 valence electrons. The van der Waals surface area contributed by atoms with E-state index < -0.39 is 36.8 Å². The molecule has 0 saturated heterocycles. The summed E-state index contributed by atoms with van der Waals surface area (Å²) in [5.74, 6) is 2.06. The predicted molar refractivity (Wildman–Crippen MR) is 130 cm³/mol. The monoisotopic (exact) mass is 610 g/mol. The number of fused-ring (bicyclic) bond motifs is 3. The molecular formula is C23H30O2SSn2. The van der Waals surface area contributed by atoms with Gasteiger partial charge in [0.15, 0.2) is 0 Å². The van der Waals surface area contributed by atoms with E-state index in [1.165, 1.54) is 32.0 Å². The van der Waals surface area contributed by atoms with E-state index in [-0.39, 0.29) is 0 Å². The standard InChI is InChI=1S/C17H12O2S.6CH3.2Sn/c1-18-15-12-5-3-4-10(12)8-14-13(15)9-11-6-7-20-17(11)16(14)19-2;;;;;;;;/h4,6,8-9H,5H2,1-2H3;6*1H3;;. The molecule has 5 heteroatoms. The molecule has 0 N–H and O–H groups in total. The van der Waals surface area contributed by atoms with Crippen LogP contribution < -0.4 is 12.4 Å². The Morgan fingerprint density at radius 2 is 1.46 bits per heavy atom. The molecule has 0 spiro atoms. The zero-order chi connectivity index (χ0) is 20.4. The molecule has 0 radical (unpaired) electrons. The van der Waals surface area contributed by atoms with Gasteiger partial charge in [-0.05, 0) is 0 Å². The summed E-state index contributed by atoms with van der Waals surface area (Å²) in [6, 6.07) is 7.10. The Bertz CT molecular complexity index is 1130. The van der Waals surface area contributed by atoms with Crippen LogP contribution in [0.3, 0.4) is 0 Å². The van der Waals surface area contributed by atoms with Crippen molar-refractivity contribution in [1.82, 2.24) is 0 Å². The molecule has 0 bridgehead atoms. The van der Waals surface area contributed by atoms with Crippen molar-refractivity contribution in [2.75, 3.05) is 14.2 Å². The van der Waals surface area contributed by atoms with Crippen LogP contribution in [0.4, 0.5) is 0 Å². The summed E-state index contributed by atoms with van der Waals surface area (Å²) in [4.78, 5) is 14.9. The molecule has 1 heterocycles. The number of ether oxygens (including phenoxy) is 2. The Hall–Kier alpha value is -0.403. The van der Waals surface area contributed by atoms with Gasteiger partial charge in [-0.2, -0.15) is 0 Å². The van der Waals surface area contributed by atoms with Gasteiger partial charge in [0.05, 0.1) is 0 Å². The van der Waals surface area contributed by atoms with Gasteiger partial charge < -0.3 is 0 Å². The van der Waals surface area contributed by atoms with Gasteiger partial charge in [0.1, 0.15) is 0 Å². The molecule has 28 heavy (non-hydrogen) atoms. The van der Waals surface area contributed by atoms with Crippen LogP contribution in [-0.2, 0) is 6.42 Å². The van der Waals surface area contributed by atoms with Crippen molar-refractivity contribution in [3.63, 3.8) is 0 Å². The van der Waals surface area contributed by atoms with Crippen LogP contribution in [0.25, 0.3) is 26.9 Å². The molecule has 2 aromatic carbocycles. The maximum atomic E-state index is 6.00. The molecule has 0 aliphatic heterocycles. The third-order valence-corrected chi connectivity index (χ3v) is 22.8. The van der Waals surface area contributed by atoms with E-state index in [0.717, 1.165) is 17.9 Å². The Morgan fingerprint density at radius 1 is 0.821 bits per heavy atom. The Kier molecular flexibility index (Phi) is 5.28. The summed E-state index contributed by atoms with van der Waals surface area (Å²) < 4.78 is 16.5. The molecule has 0 amide bonds. The van der Waals surface area contributed by atoms with Crippen molar-refractivity contribution in [2.24, 2.45) is 0 Å². The van der Waals surface area contributed by atoms with Gasteiger partial charge in [-0.25, -0.2) is 0 Å². The summed E-state index contributed by atoms with van der Waals surface area (Å²) in [6.07, 6.45) is 3.50. The van der Waals surface area contributed by atoms with Crippen LogP contribution in [0, 0.1) is 0 Å². The quantitative estimate of drug-likeness (QED) is 0.318. The maximum absolute atomic E-state index is 6.00. The van der Waals surface area contributed by atoms with Gasteiger partial charge in [0, 0.05) is 0 Å². The molecule has 0 fully saturated rings. The van der Waals surface area contributed by atoms with Crippen LogP contribution in [-0.4, -0.2) is 51.0 Å². The molecule has 0 saturated carbocycles. The average Bonchev–Trinajstić information content (AvgIpc) is 3.20. The van der Waals surface area contributed by atoms with Crippen molar-refractivity contribution in [2.45, 2.75) is 36.1 Å². The summed E-state index contributed by atoms with van der Waals surface area (Å²) >= 11 is -2.29. The number of hydrogen-bond donors (Lipinski definition) is 0. The number of hydrogen-bond acceptors (Lipinski definition) is 3. The molecular weight excluding hydrogens is 578 g/mol. The first kappa shape index (κ1) is 20.9. The van der Waals surface area contributed by atoms with E-state index in [9.17, 15) is 0 Å². The van der Waals surface area contributed by atoms with Crippen molar-refractivity contribution in [3.05, 3.63) is 32.9 Å². The van der Waals surface area contributed by atoms with E-state index in [0.29, 0.717) is 0 Å². The predicted octanol–water partition coefficient (Wildman–Crippen LogP) is 6.43. The van der Waals surface area contributed by atoms with Crippen molar-refractivity contribution in [1.29, 1.82) is 0 Å². The van der Waals surface area contributed by atoms with Gasteiger partial charge in [0.25, 0.3) is 0 Å². The first-order valence-corrected chi connectivity index (χ1v) is 30.7. The number of allylic oxidation sites excluding steroid dienone is 1. The minimum absolute atomic E-state index is 1.02. The van der Waals surface area contributed by atoms with E-state index in [1.54, 1.807) is 13.6 Å². The molecule has 1 aliphatic carbocycles. The number of thiophene rings is 1. The zero-order valence-electron chi connectivity index (χ0n) is 18.2. The van der Waals surface area contributed by atoms with Crippen LogP contribution in [0.1, 0.15) is 11.1 Å². The zero-order valence-corrected chi connectivity index (χ0v) is 24.8. The molecule has 3 aromatic rings. The van der Waals surface area contributed by atoms with E-state index in [4.69, 9.17) is 9.47 Å². The second kappa shape index (κ2) is 7.08. The fourth-order valence-electron chi connectivity index (χ4n) is 4.06. The fraction of sp³-hybridized carbons (Fsp3) is 0.391. The first-order chi connectivity index (χ1) is 13.0. The SMILES string of the molecule is COc1c2c(cc3c(OC)c4s[c]([Sn]([CH3])([CH3])[CH3])cc4cc13)C=[C]([Sn]([CH3])([CH3])[CH3])C2. The van der Waals surface area contributed by atoms with Gasteiger partial charge in [0.2, 0.25) is 0 Å². The average molecular weight is 608 g/mol. The number of methoxy groups -OCH3 is 2. The van der Waals surface area contributed by atoms with Crippen LogP contribution in [0.5, 0.6) is 11.5 Å². The Balaban J connectivity index is 2.06. The summed E-state index contributed by atoms with van der Waals surface area (Å²) in [5.41, 5.74) is 2.69. The molecule has 1 aromatic heterocycles. The Labute approximate surface area is 180 Å². The van der Waals surface area contributed by atoms with Crippen molar-refractivity contribution >= 4 is 77.9 Å². The normalized spacial score (nSPS) is 14.5. The molecule has 1 aliphatic rings. The number of rotatable bonds is 4. The summed E-state index contributed by atoms with van der Waals surface area (Å²) in [6.45, 7) is 0. The van der Waals surface area contributed by atoms with Gasteiger partial charge in [-0.1, -0.05) is 0 Å². The number of benzene rings is 2. The van der Waals surface area contributed by atoms with Gasteiger partial charge in [-0.3, -0.25) is 0 Å². The summed E-state index contributed by atoms with van der Waals surface area (Å²) in [7, 11) is 3.62. The van der Waals surface area contributed by atoms with Crippen molar-refractivity contribution < 1.29 is 9.47 Å². The molecule has 0 unspecified atom stereocenters. The van der Waals surface area contributed by atoms with Crippen molar-refractivity contribution in [3.8, 4) is 11.5 Å². The first-order valence-electron chi connectivity index (χ1n) is 9.90. The molecule has 0 atom stereocenters. The third-order valence-electron chi connectivity index (χ3n) is 5.78. The second-order valence-electron chi connectivity index (χ2n) is 9.86. The van der Waals surface area contributed by atoms with E-state index in [2.05, 4.69) is 53.9 Å². The fourth-order valence-corrected chi connectivity index (χ4v) is 14.2. The Morgan fingerprint density at radius 3 is 2.04 bits per heavy atom. The molecule has 2 nitrogen and oxygen atoms in total. The van der Waals surface area contributed by atoms with E-state index >= 15 is 0 Å². The van der Waals surface area contributed by atoms with E-state index in [1.807, 2.05) is 18.4 Å². The third kappa shape index (κ3) is 3.39. The van der Waals surface area contributed by atoms with Gasteiger partial charge >= 0.3 is 182 Å². The summed E-state index contributed by atoms with van der Waals surface area (Å²) in [5, 5.41) is 3.68. The van der Waals surface area contributed by atoms with Crippen LogP contribution >= 0.6 is 11.3 Å². The second-order valence-corrected chi connectivity index (χ2v) is 41.0. The minimum atomic E-state index is -2.13. The van der Waals surface area contributed by atoms with Crippen LogP contribution in [0.2, 0.25) is 29.6 Å². The van der Waals surface area contributed by atoms with Gasteiger partial charge in [-0.15, -0.1) is 0 Å². The van der Waals surface area contributed by atoms with Crippen LogP contribution in [0.15, 0.2) is 21.8 Å². The topological polar surface area (TPSA) is 18.5 Å².